The minimum absolute atomic E-state index is 0. The maximum atomic E-state index is 9.33. The van der Waals surface area contributed by atoms with E-state index in [1.54, 1.807) is 0 Å². The van der Waals surface area contributed by atoms with Crippen molar-refractivity contribution in [2.45, 2.75) is 0 Å². The molecule has 0 rings (SSSR count). The monoisotopic (exact) mass is 487 g/mol. The Balaban J connectivity index is -0.0000000267. The first kappa shape index (κ1) is 22.6. The van der Waals surface area contributed by atoms with Crippen molar-refractivity contribution in [3.05, 3.63) is 0 Å². The summed E-state index contributed by atoms with van der Waals surface area (Å²) < 4.78 is 9.33. The van der Waals surface area contributed by atoms with Crippen molar-refractivity contribution < 1.29 is 50.7 Å². The van der Waals surface area contributed by atoms with E-state index in [0.717, 1.165) is 19.3 Å². The van der Waals surface area contributed by atoms with Crippen molar-refractivity contribution in [2.75, 3.05) is 0 Å². The van der Waals surface area contributed by atoms with E-state index < -0.39 is 5.69 Å². The van der Waals surface area contributed by atoms with Gasteiger partial charge < -0.3 is 0 Å². The summed E-state index contributed by atoms with van der Waals surface area (Å²) in [6, 6.07) is 0. The second-order valence-corrected chi connectivity index (χ2v) is 4.98. The third kappa shape index (κ3) is 51.8. The van der Waals surface area contributed by atoms with Crippen LogP contribution in [0.25, 0.3) is 0 Å². The Bertz CT molecular complexity index is 65.4. The minimum atomic E-state index is -3.63. The van der Waals surface area contributed by atoms with Gasteiger partial charge in [0.1, 0.15) is 0 Å². The van der Waals surface area contributed by atoms with Gasteiger partial charge in [-0.2, -0.15) is 0 Å². The second kappa shape index (κ2) is 10.9. The van der Waals surface area contributed by atoms with E-state index in [1.165, 1.54) is 0 Å². The molecule has 8 heavy (non-hydrogen) atoms. The summed E-state index contributed by atoms with van der Waals surface area (Å²) in [5.74, 6) is 0. The van der Waals surface area contributed by atoms with E-state index in [-0.39, 0.29) is 94.7 Å². The summed E-state index contributed by atoms with van der Waals surface area (Å²) in [6.45, 7) is 0. The molecule has 0 atom stereocenters. The van der Waals surface area contributed by atoms with E-state index >= 15 is 0 Å². The van der Waals surface area contributed by atoms with E-state index in [4.69, 9.17) is 9.79 Å². The molecule has 0 aromatic heterocycles. The van der Waals surface area contributed by atoms with Crippen molar-refractivity contribution in [3.8, 4) is 0 Å². The first-order valence-electron chi connectivity index (χ1n) is 0.765. The Kier molecular flexibility index (Phi) is 30.8. The quantitative estimate of drug-likeness (QED) is 0.303. The van der Waals surface area contributed by atoms with Crippen LogP contribution in [-0.2, 0) is 40.9 Å². The normalized spacial score (nSPS) is 7.25. The van der Waals surface area contributed by atoms with Gasteiger partial charge in [0.05, 0.1) is 0 Å². The maximum absolute atomic E-state index is 9.33. The average molecular weight is 485 g/mol. The van der Waals surface area contributed by atoms with Gasteiger partial charge in [-0.3, -0.25) is 0 Å². The molecule has 0 fully saturated rings. The van der Waals surface area contributed by atoms with Crippen LogP contribution in [-0.4, -0.2) is 87.4 Å². The van der Waals surface area contributed by atoms with E-state index in [2.05, 4.69) is 0 Å². The molecule has 0 spiro atoms. The molecule has 0 aromatic rings. The van der Waals surface area contributed by atoms with Crippen molar-refractivity contribution in [1.29, 1.82) is 0 Å². The first-order chi connectivity index (χ1) is 2.00. The van der Waals surface area contributed by atoms with Crippen LogP contribution in [0.4, 0.5) is 0 Å². The van der Waals surface area contributed by atoms with Crippen molar-refractivity contribution in [2.24, 2.45) is 0 Å². The van der Waals surface area contributed by atoms with Crippen LogP contribution in [0.15, 0.2) is 0 Å². The molecule has 0 unspecified atom stereocenters. The Hall–Kier alpha value is 3.88. The third-order valence-corrected chi connectivity index (χ3v) is 0. The zero-order valence-corrected chi connectivity index (χ0v) is 12.7. The molecule has 0 saturated heterocycles. The van der Waals surface area contributed by atoms with E-state index in [9.17, 15) is 4.57 Å². The van der Waals surface area contributed by atoms with E-state index in [0.29, 0.717) is 0 Å². The van der Waals surface area contributed by atoms with Gasteiger partial charge in [-0.15, -0.1) is 0 Å². The predicted molar refractivity (Wildman–Crippen MR) is 29.1 cm³/mol. The van der Waals surface area contributed by atoms with Crippen LogP contribution in [0.1, 0.15) is 0 Å². The summed E-state index contributed by atoms with van der Waals surface area (Å²) in [5.41, 5.74) is -3.63. The van der Waals surface area contributed by atoms with Crippen molar-refractivity contribution >= 4 is 83.3 Å². The number of hydrogen-bond acceptors (Lipinski definition) is 1. The Labute approximate surface area is 131 Å². The van der Waals surface area contributed by atoms with Gasteiger partial charge in [-0.25, -0.2) is 0 Å². The van der Waals surface area contributed by atoms with Gasteiger partial charge in [-0.05, 0) is 0 Å². The molecular formula is H6BiFeKMoO3P. The Morgan fingerprint density at radius 1 is 1.38 bits per heavy atom. The molecule has 0 bridgehead atoms. The third-order valence-electron chi connectivity index (χ3n) is 0. The summed E-state index contributed by atoms with van der Waals surface area (Å²) in [5, 5.41) is 0. The Morgan fingerprint density at radius 2 is 1.38 bits per heavy atom. The fourth-order valence-corrected chi connectivity index (χ4v) is 0. The van der Waals surface area contributed by atoms with Gasteiger partial charge in [0, 0.05) is 17.1 Å². The van der Waals surface area contributed by atoms with Crippen LogP contribution in [0, 0.1) is 0 Å². The van der Waals surface area contributed by atoms with Crippen molar-refractivity contribution in [1.82, 2.24) is 0 Å². The molecular weight excluding hydrogens is 479 g/mol. The molecule has 8 heteroatoms. The van der Waals surface area contributed by atoms with Gasteiger partial charge in [0.15, 0.2) is 0 Å². The summed E-state index contributed by atoms with van der Waals surface area (Å²) in [4.78, 5) is 15.3. The predicted octanol–water partition coefficient (Wildman–Crippen LogP) is -2.21. The standard InChI is InChI=1S/Bi.Fe.K.Mo.HO3P.4H/c;;;;1-4(2)3;;;;/h;;;;(H-,1,2,3);;;;/q;;;-1;;;;;/p+1. The molecule has 0 amide bonds. The van der Waals surface area contributed by atoms with Gasteiger partial charge in [-0.1, -0.05) is 0 Å². The molecule has 0 aromatic carbocycles. The van der Waals surface area contributed by atoms with Crippen LogP contribution >= 0.6 is 5.69 Å². The molecule has 0 aliphatic heterocycles. The number of hydrogen-bond donors (Lipinski definition) is 2. The molecule has 3 nitrogen and oxygen atoms in total. The van der Waals surface area contributed by atoms with Crippen LogP contribution in [0.5, 0.6) is 0 Å². The fraction of sp³-hybridized carbons (Fsp3) is 0. The SMILES string of the molecule is O=[P](O)(O)[Mo].[BiH3].[Fe].[KH]. The Morgan fingerprint density at radius 3 is 1.38 bits per heavy atom. The summed E-state index contributed by atoms with van der Waals surface area (Å²) in [7, 11) is 0. The zero-order chi connectivity index (χ0) is 4.50. The van der Waals surface area contributed by atoms with Gasteiger partial charge >= 0.3 is 117 Å². The summed E-state index contributed by atoms with van der Waals surface area (Å²) in [6.07, 6.45) is 0. The van der Waals surface area contributed by atoms with Crippen LogP contribution < -0.4 is 0 Å². The molecule has 0 radical (unpaired) electrons. The van der Waals surface area contributed by atoms with E-state index in [1.807, 2.05) is 0 Å². The average Bonchev–Trinajstić information content (AvgIpc) is 0.722. The molecule has 49 valence electrons. The summed E-state index contributed by atoms with van der Waals surface area (Å²) >= 11 is 0.791. The molecule has 0 saturated carbocycles. The molecule has 2 N–H and O–H groups in total. The molecule has 0 aliphatic rings. The topological polar surface area (TPSA) is 57.5 Å². The fourth-order valence-electron chi connectivity index (χ4n) is 0. The van der Waals surface area contributed by atoms with Gasteiger partial charge in [0.2, 0.25) is 0 Å². The zero-order valence-electron chi connectivity index (χ0n) is 3.22. The van der Waals surface area contributed by atoms with Crippen LogP contribution in [0.2, 0.25) is 0 Å². The molecule has 0 aliphatic carbocycles. The number of rotatable bonds is 0. The molecule has 0 heterocycles. The van der Waals surface area contributed by atoms with Crippen molar-refractivity contribution in [3.63, 3.8) is 0 Å². The second-order valence-electron chi connectivity index (χ2n) is 0.491. The first-order valence-corrected chi connectivity index (χ1v) is 4.99. The van der Waals surface area contributed by atoms with Gasteiger partial charge in [0.25, 0.3) is 0 Å². The van der Waals surface area contributed by atoms with Crippen LogP contribution in [0.3, 0.4) is 0 Å².